The van der Waals surface area contributed by atoms with Crippen LogP contribution in [0.25, 0.3) is 10.6 Å². The van der Waals surface area contributed by atoms with Gasteiger partial charge in [0.15, 0.2) is 0 Å². The third kappa shape index (κ3) is 5.99. The number of rotatable bonds is 8. The van der Waals surface area contributed by atoms with E-state index in [4.69, 9.17) is 4.74 Å². The Hall–Kier alpha value is -3.51. The van der Waals surface area contributed by atoms with E-state index in [2.05, 4.69) is 10.3 Å². The summed E-state index contributed by atoms with van der Waals surface area (Å²) in [6, 6.07) is 21.4. The monoisotopic (exact) mass is 432 g/mol. The zero-order valence-electron chi connectivity index (χ0n) is 16.8. The molecule has 0 aliphatic carbocycles. The Kier molecular flexibility index (Phi) is 6.69. The summed E-state index contributed by atoms with van der Waals surface area (Å²) in [6.45, 7) is 0.466. The quantitative estimate of drug-likeness (QED) is 0.372. The number of halogens is 1. The fourth-order valence-corrected chi connectivity index (χ4v) is 3.79. The Bertz CT molecular complexity index is 1140. The normalized spacial score (nSPS) is 10.6. The lowest BCUT2D eigenvalue weighted by molar-refractivity contribution is -0.121. The Balaban J connectivity index is 1.28. The summed E-state index contributed by atoms with van der Waals surface area (Å²) in [7, 11) is 0. The molecule has 2 heterocycles. The summed E-state index contributed by atoms with van der Waals surface area (Å²) < 4.78 is 18.8. The van der Waals surface area contributed by atoms with Crippen LogP contribution in [0.15, 0.2) is 84.4 Å². The van der Waals surface area contributed by atoms with Gasteiger partial charge in [-0.05, 0) is 77.5 Å². The lowest BCUT2D eigenvalue weighted by atomic mass is 10.1. The van der Waals surface area contributed by atoms with Crippen LogP contribution in [0, 0.1) is 5.82 Å². The zero-order chi connectivity index (χ0) is 21.5. The number of thiophene rings is 1. The van der Waals surface area contributed by atoms with E-state index in [0.29, 0.717) is 30.9 Å². The minimum atomic E-state index is -0.304. The third-order valence-electron chi connectivity index (χ3n) is 4.68. The highest BCUT2D eigenvalue weighted by atomic mass is 32.1. The number of pyridine rings is 1. The first-order valence-electron chi connectivity index (χ1n) is 9.93. The standard InChI is InChI=1S/C25H21FN2O2S/c26-20-7-9-21(10-8-20)30-22-4-1-3-18(15-22)6-11-25(29)28-17-19-12-13-27-23(16-19)24-5-2-14-31-24/h1-5,7-10,12-16H,6,11,17H2,(H,28,29). The molecular weight excluding hydrogens is 411 g/mol. The van der Waals surface area contributed by atoms with Gasteiger partial charge in [-0.15, -0.1) is 11.3 Å². The van der Waals surface area contributed by atoms with Gasteiger partial charge in [0.05, 0.1) is 10.6 Å². The van der Waals surface area contributed by atoms with Crippen molar-refractivity contribution in [1.29, 1.82) is 0 Å². The predicted molar refractivity (Wildman–Crippen MR) is 121 cm³/mol. The summed E-state index contributed by atoms with van der Waals surface area (Å²) in [5, 5.41) is 4.99. The summed E-state index contributed by atoms with van der Waals surface area (Å²) in [4.78, 5) is 17.8. The molecule has 4 rings (SSSR count). The number of aryl methyl sites for hydroxylation is 1. The van der Waals surface area contributed by atoms with Gasteiger partial charge in [-0.25, -0.2) is 4.39 Å². The molecule has 1 N–H and O–H groups in total. The maximum absolute atomic E-state index is 13.0. The molecule has 31 heavy (non-hydrogen) atoms. The van der Waals surface area contributed by atoms with Gasteiger partial charge >= 0.3 is 0 Å². The number of hydrogen-bond donors (Lipinski definition) is 1. The molecule has 0 saturated carbocycles. The number of nitrogens with zero attached hydrogens (tertiary/aromatic N) is 1. The molecule has 0 bridgehead atoms. The topological polar surface area (TPSA) is 51.2 Å². The number of amides is 1. The van der Waals surface area contributed by atoms with E-state index in [-0.39, 0.29) is 11.7 Å². The molecule has 156 valence electrons. The minimum Gasteiger partial charge on any atom is -0.457 e. The maximum atomic E-state index is 13.0. The first-order chi connectivity index (χ1) is 15.2. The van der Waals surface area contributed by atoms with Crippen LogP contribution in [0.4, 0.5) is 4.39 Å². The highest BCUT2D eigenvalue weighted by molar-refractivity contribution is 7.13. The smallest absolute Gasteiger partial charge is 0.220 e. The van der Waals surface area contributed by atoms with Crippen molar-refractivity contribution < 1.29 is 13.9 Å². The molecule has 0 fully saturated rings. The molecule has 1 amide bonds. The second-order valence-electron chi connectivity index (χ2n) is 7.01. The van der Waals surface area contributed by atoms with Crippen LogP contribution < -0.4 is 10.1 Å². The van der Waals surface area contributed by atoms with Crippen molar-refractivity contribution in [2.24, 2.45) is 0 Å². The largest absolute Gasteiger partial charge is 0.457 e. The van der Waals surface area contributed by atoms with Crippen LogP contribution in [-0.2, 0) is 17.8 Å². The number of benzene rings is 2. The van der Waals surface area contributed by atoms with E-state index in [1.807, 2.05) is 53.9 Å². The molecule has 0 aliphatic heterocycles. The Morgan fingerprint density at radius 2 is 1.84 bits per heavy atom. The highest BCUT2D eigenvalue weighted by Crippen LogP contribution is 2.24. The molecule has 0 radical (unpaired) electrons. The molecular formula is C25H21FN2O2S. The van der Waals surface area contributed by atoms with Crippen LogP contribution >= 0.6 is 11.3 Å². The molecule has 0 aliphatic rings. The fourth-order valence-electron chi connectivity index (χ4n) is 3.09. The van der Waals surface area contributed by atoms with Gasteiger partial charge in [0.1, 0.15) is 17.3 Å². The van der Waals surface area contributed by atoms with Gasteiger partial charge in [-0.3, -0.25) is 9.78 Å². The summed E-state index contributed by atoms with van der Waals surface area (Å²) in [6.07, 6.45) is 2.75. The molecule has 0 atom stereocenters. The van der Waals surface area contributed by atoms with Gasteiger partial charge in [-0.1, -0.05) is 18.2 Å². The Labute approximate surface area is 184 Å². The molecule has 6 heteroatoms. The van der Waals surface area contributed by atoms with Crippen LogP contribution in [0.2, 0.25) is 0 Å². The zero-order valence-corrected chi connectivity index (χ0v) is 17.6. The van der Waals surface area contributed by atoms with E-state index in [9.17, 15) is 9.18 Å². The fraction of sp³-hybridized carbons (Fsp3) is 0.120. The van der Waals surface area contributed by atoms with Crippen molar-refractivity contribution in [3.05, 3.63) is 101 Å². The Morgan fingerprint density at radius 3 is 2.65 bits per heavy atom. The van der Waals surface area contributed by atoms with Gasteiger partial charge in [0.25, 0.3) is 0 Å². The number of ether oxygens (including phenoxy) is 1. The molecule has 0 saturated heterocycles. The molecule has 4 aromatic rings. The van der Waals surface area contributed by atoms with Crippen LogP contribution in [0.3, 0.4) is 0 Å². The van der Waals surface area contributed by atoms with Gasteiger partial charge in [0.2, 0.25) is 5.91 Å². The minimum absolute atomic E-state index is 0.0145. The van der Waals surface area contributed by atoms with Crippen molar-refractivity contribution >= 4 is 17.2 Å². The number of carbonyl (C=O) groups excluding carboxylic acids is 1. The van der Waals surface area contributed by atoms with Crippen LogP contribution in [0.5, 0.6) is 11.5 Å². The number of carbonyl (C=O) groups is 1. The van der Waals surface area contributed by atoms with Gasteiger partial charge in [0, 0.05) is 19.2 Å². The maximum Gasteiger partial charge on any atom is 0.220 e. The van der Waals surface area contributed by atoms with Crippen molar-refractivity contribution in [1.82, 2.24) is 10.3 Å². The van der Waals surface area contributed by atoms with E-state index in [1.165, 1.54) is 12.1 Å². The molecule has 2 aromatic heterocycles. The lowest BCUT2D eigenvalue weighted by Gasteiger charge is -2.09. The predicted octanol–water partition coefficient (Wildman–Crippen LogP) is 5.99. The van der Waals surface area contributed by atoms with Crippen molar-refractivity contribution in [2.45, 2.75) is 19.4 Å². The second-order valence-corrected chi connectivity index (χ2v) is 7.95. The summed E-state index contributed by atoms with van der Waals surface area (Å²) >= 11 is 1.64. The lowest BCUT2D eigenvalue weighted by Crippen LogP contribution is -2.23. The summed E-state index contributed by atoms with van der Waals surface area (Å²) in [5.41, 5.74) is 2.93. The molecule has 2 aromatic carbocycles. The average Bonchev–Trinajstić information content (AvgIpc) is 3.33. The van der Waals surface area contributed by atoms with Gasteiger partial charge < -0.3 is 10.1 Å². The first kappa shape index (κ1) is 20.8. The van der Waals surface area contributed by atoms with E-state index >= 15 is 0 Å². The van der Waals surface area contributed by atoms with E-state index < -0.39 is 0 Å². The average molecular weight is 433 g/mol. The number of nitrogens with one attached hydrogen (secondary N) is 1. The first-order valence-corrected chi connectivity index (χ1v) is 10.8. The number of aromatic nitrogens is 1. The third-order valence-corrected chi connectivity index (χ3v) is 5.57. The molecule has 0 spiro atoms. The van der Waals surface area contributed by atoms with Crippen molar-refractivity contribution in [2.75, 3.05) is 0 Å². The van der Waals surface area contributed by atoms with E-state index in [1.54, 1.807) is 29.7 Å². The molecule has 4 nitrogen and oxygen atoms in total. The second kappa shape index (κ2) is 10.00. The van der Waals surface area contributed by atoms with Crippen LogP contribution in [-0.4, -0.2) is 10.9 Å². The van der Waals surface area contributed by atoms with Crippen molar-refractivity contribution in [3.63, 3.8) is 0 Å². The van der Waals surface area contributed by atoms with Gasteiger partial charge in [-0.2, -0.15) is 0 Å². The number of hydrogen-bond acceptors (Lipinski definition) is 4. The van der Waals surface area contributed by atoms with E-state index in [0.717, 1.165) is 21.7 Å². The highest BCUT2D eigenvalue weighted by Gasteiger charge is 2.06. The summed E-state index contributed by atoms with van der Waals surface area (Å²) in [5.74, 6) is 0.902. The van der Waals surface area contributed by atoms with Crippen LogP contribution in [0.1, 0.15) is 17.5 Å². The Morgan fingerprint density at radius 1 is 0.968 bits per heavy atom. The molecule has 0 unspecified atom stereocenters. The van der Waals surface area contributed by atoms with Crippen molar-refractivity contribution in [3.8, 4) is 22.1 Å². The SMILES string of the molecule is O=C(CCc1cccc(Oc2ccc(F)cc2)c1)NCc1ccnc(-c2cccs2)c1.